The Morgan fingerprint density at radius 1 is 1.32 bits per heavy atom. The summed E-state index contributed by atoms with van der Waals surface area (Å²) < 4.78 is 24.5. The number of halogens is 1. The summed E-state index contributed by atoms with van der Waals surface area (Å²) in [7, 11) is 1.70. The Morgan fingerprint density at radius 2 is 2.14 bits per heavy atom. The molecule has 0 aliphatic carbocycles. The molecule has 0 N–H and O–H groups in total. The van der Waals surface area contributed by atoms with E-state index < -0.39 is 11.4 Å². The first-order valence-electron chi connectivity index (χ1n) is 9.25. The van der Waals surface area contributed by atoms with Crippen molar-refractivity contribution in [1.29, 1.82) is 0 Å². The number of rotatable bonds is 4. The van der Waals surface area contributed by atoms with Gasteiger partial charge in [-0.15, -0.1) is 0 Å². The molecule has 2 aliphatic rings. The summed E-state index contributed by atoms with van der Waals surface area (Å²) in [5.41, 5.74) is -0.351. The number of likely N-dealkylation sites (N-methyl/N-ethyl adjacent to an activating group) is 1. The van der Waals surface area contributed by atoms with Crippen molar-refractivity contribution in [3.05, 3.63) is 36.0 Å². The second-order valence-corrected chi connectivity index (χ2v) is 7.32. The highest BCUT2D eigenvalue weighted by atomic mass is 19.1. The molecule has 0 bridgehead atoms. The molecule has 9 heteroatoms. The molecule has 8 nitrogen and oxygen atoms in total. The maximum absolute atomic E-state index is 13.8. The van der Waals surface area contributed by atoms with Gasteiger partial charge in [0.05, 0.1) is 18.7 Å². The van der Waals surface area contributed by atoms with Crippen molar-refractivity contribution in [2.45, 2.75) is 31.3 Å². The van der Waals surface area contributed by atoms with Crippen LogP contribution >= 0.6 is 0 Å². The van der Waals surface area contributed by atoms with Gasteiger partial charge in [0.25, 0.3) is 0 Å². The van der Waals surface area contributed by atoms with Crippen molar-refractivity contribution in [2.24, 2.45) is 0 Å². The minimum Gasteiger partial charge on any atom is -0.439 e. The normalized spacial score (nSPS) is 22.0. The van der Waals surface area contributed by atoms with Gasteiger partial charge in [-0.25, -0.2) is 9.18 Å². The van der Waals surface area contributed by atoms with Crippen LogP contribution in [-0.2, 0) is 16.0 Å². The fourth-order valence-electron chi connectivity index (χ4n) is 3.80. The van der Waals surface area contributed by atoms with Gasteiger partial charge in [-0.1, -0.05) is 17.3 Å². The largest absolute Gasteiger partial charge is 0.439 e. The second kappa shape index (κ2) is 7.21. The summed E-state index contributed by atoms with van der Waals surface area (Å²) in [6, 6.07) is 6.18. The van der Waals surface area contributed by atoms with Gasteiger partial charge >= 0.3 is 6.09 Å². The molecule has 0 saturated carbocycles. The van der Waals surface area contributed by atoms with E-state index in [4.69, 9.17) is 9.26 Å². The zero-order chi connectivity index (χ0) is 19.7. The van der Waals surface area contributed by atoms with E-state index in [1.807, 2.05) is 0 Å². The first-order chi connectivity index (χ1) is 13.5. The smallest absolute Gasteiger partial charge is 0.410 e. The fraction of sp³-hybridized carbons (Fsp3) is 0.474. The lowest BCUT2D eigenvalue weighted by molar-refractivity contribution is -0.136. The standard InChI is InChI=1S/C19H21FN4O4/c1-23-11-19(27-18(23)26)9-4-10-24(12-19)16(25)8-7-15-21-17(22-28-15)13-5-2-3-6-14(13)20/h2-3,5-6H,4,7-12H2,1H3/t19-/m1/s1. The second-order valence-electron chi connectivity index (χ2n) is 7.32. The number of amides is 2. The van der Waals surface area contributed by atoms with Crippen LogP contribution in [0.4, 0.5) is 9.18 Å². The molecule has 148 valence electrons. The number of piperidine rings is 1. The van der Waals surface area contributed by atoms with Gasteiger partial charge in [0.1, 0.15) is 11.4 Å². The van der Waals surface area contributed by atoms with Crippen molar-refractivity contribution in [3.63, 3.8) is 0 Å². The van der Waals surface area contributed by atoms with Gasteiger partial charge in [0, 0.05) is 26.4 Å². The minimum atomic E-state index is -0.609. The fourth-order valence-corrected chi connectivity index (χ4v) is 3.80. The molecule has 2 fully saturated rings. The Bertz CT molecular complexity index is 902. The van der Waals surface area contributed by atoms with Crippen molar-refractivity contribution in [3.8, 4) is 11.4 Å². The number of aromatic nitrogens is 2. The van der Waals surface area contributed by atoms with E-state index in [-0.39, 0.29) is 42.1 Å². The number of likely N-dealkylation sites (tertiary alicyclic amines) is 1. The molecule has 1 aromatic carbocycles. The van der Waals surface area contributed by atoms with E-state index in [1.165, 1.54) is 11.0 Å². The maximum Gasteiger partial charge on any atom is 0.410 e. The van der Waals surface area contributed by atoms with E-state index in [0.29, 0.717) is 19.6 Å². The van der Waals surface area contributed by atoms with Crippen LogP contribution in [0.15, 0.2) is 28.8 Å². The minimum absolute atomic E-state index is 0.0599. The molecule has 4 rings (SSSR count). The Balaban J connectivity index is 1.36. The number of benzene rings is 1. The zero-order valence-electron chi connectivity index (χ0n) is 15.6. The lowest BCUT2D eigenvalue weighted by Gasteiger charge is -2.38. The van der Waals surface area contributed by atoms with Gasteiger partial charge in [0.2, 0.25) is 17.6 Å². The Labute approximate surface area is 161 Å². The molecule has 2 saturated heterocycles. The average Bonchev–Trinajstić information content (AvgIpc) is 3.25. The topological polar surface area (TPSA) is 88.8 Å². The van der Waals surface area contributed by atoms with E-state index in [2.05, 4.69) is 10.1 Å². The molecule has 2 amide bonds. The maximum atomic E-state index is 13.8. The molecule has 3 heterocycles. The van der Waals surface area contributed by atoms with Crippen molar-refractivity contribution < 1.29 is 23.2 Å². The molecule has 2 aliphatic heterocycles. The summed E-state index contributed by atoms with van der Waals surface area (Å²) in [5, 5.41) is 3.80. The number of hydrogen-bond acceptors (Lipinski definition) is 6. The van der Waals surface area contributed by atoms with Crippen molar-refractivity contribution in [1.82, 2.24) is 19.9 Å². The summed E-state index contributed by atoms with van der Waals surface area (Å²) in [6.45, 7) is 1.52. The van der Waals surface area contributed by atoms with Crippen LogP contribution in [0.1, 0.15) is 25.2 Å². The molecule has 0 radical (unpaired) electrons. The molecular formula is C19H21FN4O4. The van der Waals surface area contributed by atoms with Gasteiger partial charge in [-0.2, -0.15) is 4.98 Å². The SMILES string of the molecule is CN1C[C@@]2(CCCN(C(=O)CCc3nc(-c4ccccc4F)no3)C2)OC1=O. The third kappa shape index (κ3) is 3.56. The lowest BCUT2D eigenvalue weighted by Crippen LogP contribution is -2.52. The third-order valence-electron chi connectivity index (χ3n) is 5.17. The van der Waals surface area contributed by atoms with E-state index in [0.717, 1.165) is 12.8 Å². The Hall–Kier alpha value is -2.97. The predicted octanol–water partition coefficient (Wildman–Crippen LogP) is 2.25. The lowest BCUT2D eigenvalue weighted by atomic mass is 9.92. The van der Waals surface area contributed by atoms with Crippen molar-refractivity contribution >= 4 is 12.0 Å². The van der Waals surface area contributed by atoms with Crippen LogP contribution in [0.2, 0.25) is 0 Å². The zero-order valence-corrected chi connectivity index (χ0v) is 15.6. The van der Waals surface area contributed by atoms with Crippen molar-refractivity contribution in [2.75, 3.05) is 26.7 Å². The Morgan fingerprint density at radius 3 is 2.89 bits per heavy atom. The van der Waals surface area contributed by atoms with Crippen LogP contribution in [0.25, 0.3) is 11.4 Å². The number of carbonyl (C=O) groups is 2. The predicted molar refractivity (Wildman–Crippen MR) is 95.7 cm³/mol. The van der Waals surface area contributed by atoms with Gasteiger partial charge < -0.3 is 19.1 Å². The number of aryl methyl sites for hydroxylation is 1. The van der Waals surface area contributed by atoms with Gasteiger partial charge in [-0.05, 0) is 25.0 Å². The van der Waals surface area contributed by atoms with E-state index >= 15 is 0 Å². The number of carbonyl (C=O) groups excluding carboxylic acids is 2. The molecule has 1 atom stereocenters. The molecular weight excluding hydrogens is 367 g/mol. The number of hydrogen-bond donors (Lipinski definition) is 0. The summed E-state index contributed by atoms with van der Waals surface area (Å²) >= 11 is 0. The first kappa shape index (κ1) is 18.4. The van der Waals surface area contributed by atoms with Crippen LogP contribution in [-0.4, -0.2) is 64.2 Å². The van der Waals surface area contributed by atoms with Crippen LogP contribution in [0.5, 0.6) is 0 Å². The molecule has 1 spiro atoms. The number of nitrogens with zero attached hydrogens (tertiary/aromatic N) is 4. The highest BCUT2D eigenvalue weighted by Gasteiger charge is 2.47. The number of ether oxygens (including phenoxy) is 1. The summed E-state index contributed by atoms with van der Waals surface area (Å²) in [5.74, 6) is -0.0420. The van der Waals surface area contributed by atoms with E-state index in [1.54, 1.807) is 30.1 Å². The first-order valence-corrected chi connectivity index (χ1v) is 9.25. The van der Waals surface area contributed by atoms with Crippen LogP contribution < -0.4 is 0 Å². The molecule has 0 unspecified atom stereocenters. The van der Waals surface area contributed by atoms with Crippen LogP contribution in [0.3, 0.4) is 0 Å². The summed E-state index contributed by atoms with van der Waals surface area (Å²) in [6.07, 6.45) is 1.65. The van der Waals surface area contributed by atoms with E-state index in [9.17, 15) is 14.0 Å². The van der Waals surface area contributed by atoms with Gasteiger partial charge in [0.15, 0.2) is 0 Å². The quantitative estimate of drug-likeness (QED) is 0.798. The molecule has 28 heavy (non-hydrogen) atoms. The van der Waals surface area contributed by atoms with Gasteiger partial charge in [-0.3, -0.25) is 4.79 Å². The Kier molecular flexibility index (Phi) is 4.74. The highest BCUT2D eigenvalue weighted by molar-refractivity contribution is 5.77. The average molecular weight is 388 g/mol. The summed E-state index contributed by atoms with van der Waals surface area (Å²) in [4.78, 5) is 31.8. The monoisotopic (exact) mass is 388 g/mol. The highest BCUT2D eigenvalue weighted by Crippen LogP contribution is 2.31. The van der Waals surface area contributed by atoms with Crippen LogP contribution in [0, 0.1) is 5.82 Å². The molecule has 1 aromatic heterocycles. The molecule has 2 aromatic rings. The third-order valence-corrected chi connectivity index (χ3v) is 5.17.